The Balaban J connectivity index is 2.18. The zero-order valence-corrected chi connectivity index (χ0v) is 7.75. The number of aryl methyl sites for hydroxylation is 1. The summed E-state index contributed by atoms with van der Waals surface area (Å²) in [6.07, 6.45) is 1.97. The minimum Gasteiger partial charge on any atom is -0.394 e. The second-order valence-electron chi connectivity index (χ2n) is 3.43. The van der Waals surface area contributed by atoms with Crippen molar-refractivity contribution < 1.29 is 9.26 Å². The van der Waals surface area contributed by atoms with Gasteiger partial charge in [0, 0.05) is 19.1 Å². The molecule has 0 aliphatic carbocycles. The lowest BCUT2D eigenvalue weighted by molar-refractivity contribution is 0.0793. The van der Waals surface area contributed by atoms with Crippen molar-refractivity contribution in [2.24, 2.45) is 0 Å². The number of nitrogen functional groups attached to an aromatic ring is 1. The molecule has 0 saturated carbocycles. The SMILES string of the molecule is Cc1noc(C2CCOCC2)c1N. The molecule has 4 heteroatoms. The van der Waals surface area contributed by atoms with Crippen LogP contribution in [0.5, 0.6) is 0 Å². The van der Waals surface area contributed by atoms with Crippen LogP contribution in [-0.2, 0) is 4.74 Å². The summed E-state index contributed by atoms with van der Waals surface area (Å²) >= 11 is 0. The second kappa shape index (κ2) is 3.38. The average molecular weight is 182 g/mol. The van der Waals surface area contributed by atoms with Gasteiger partial charge in [-0.3, -0.25) is 0 Å². The van der Waals surface area contributed by atoms with E-state index in [4.69, 9.17) is 15.0 Å². The fourth-order valence-electron chi connectivity index (χ4n) is 1.65. The van der Waals surface area contributed by atoms with Crippen molar-refractivity contribution in [3.8, 4) is 0 Å². The van der Waals surface area contributed by atoms with E-state index in [2.05, 4.69) is 5.16 Å². The molecule has 13 heavy (non-hydrogen) atoms. The van der Waals surface area contributed by atoms with Crippen LogP contribution in [0, 0.1) is 6.92 Å². The fourth-order valence-corrected chi connectivity index (χ4v) is 1.65. The highest BCUT2D eigenvalue weighted by molar-refractivity contribution is 5.46. The normalized spacial score (nSPS) is 19.2. The Morgan fingerprint density at radius 2 is 2.08 bits per heavy atom. The summed E-state index contributed by atoms with van der Waals surface area (Å²) in [6.45, 7) is 3.45. The third-order valence-electron chi connectivity index (χ3n) is 2.53. The number of nitrogens with two attached hydrogens (primary N) is 1. The summed E-state index contributed by atoms with van der Waals surface area (Å²) in [4.78, 5) is 0. The largest absolute Gasteiger partial charge is 0.394 e. The van der Waals surface area contributed by atoms with Crippen LogP contribution in [0.4, 0.5) is 5.69 Å². The van der Waals surface area contributed by atoms with Crippen LogP contribution in [0.1, 0.15) is 30.2 Å². The van der Waals surface area contributed by atoms with Gasteiger partial charge in [-0.1, -0.05) is 5.16 Å². The monoisotopic (exact) mass is 182 g/mol. The molecular weight excluding hydrogens is 168 g/mol. The van der Waals surface area contributed by atoms with E-state index in [1.165, 1.54) is 0 Å². The molecule has 1 aromatic heterocycles. The zero-order valence-electron chi connectivity index (χ0n) is 7.75. The Hall–Kier alpha value is -1.03. The van der Waals surface area contributed by atoms with Crippen molar-refractivity contribution in [1.82, 2.24) is 5.16 Å². The van der Waals surface area contributed by atoms with E-state index >= 15 is 0 Å². The summed E-state index contributed by atoms with van der Waals surface area (Å²) in [7, 11) is 0. The summed E-state index contributed by atoms with van der Waals surface area (Å²) < 4.78 is 10.5. The molecule has 2 N–H and O–H groups in total. The van der Waals surface area contributed by atoms with Gasteiger partial charge in [-0.25, -0.2) is 0 Å². The highest BCUT2D eigenvalue weighted by atomic mass is 16.5. The maximum absolute atomic E-state index is 5.84. The van der Waals surface area contributed by atoms with E-state index < -0.39 is 0 Å². The van der Waals surface area contributed by atoms with Gasteiger partial charge in [0.25, 0.3) is 0 Å². The van der Waals surface area contributed by atoms with Gasteiger partial charge in [-0.05, 0) is 19.8 Å². The molecule has 1 aliphatic rings. The number of hydrogen-bond acceptors (Lipinski definition) is 4. The van der Waals surface area contributed by atoms with E-state index in [1.807, 2.05) is 6.92 Å². The molecule has 0 spiro atoms. The molecule has 0 radical (unpaired) electrons. The fraction of sp³-hybridized carbons (Fsp3) is 0.667. The number of rotatable bonds is 1. The first-order valence-electron chi connectivity index (χ1n) is 4.58. The van der Waals surface area contributed by atoms with Gasteiger partial charge in [0.2, 0.25) is 0 Å². The van der Waals surface area contributed by atoms with Crippen molar-refractivity contribution in [2.75, 3.05) is 18.9 Å². The van der Waals surface area contributed by atoms with Crippen LogP contribution in [0.25, 0.3) is 0 Å². The van der Waals surface area contributed by atoms with Gasteiger partial charge < -0.3 is 15.0 Å². The highest BCUT2D eigenvalue weighted by Crippen LogP contribution is 2.32. The predicted octanol–water partition coefficient (Wildman–Crippen LogP) is 1.46. The molecule has 0 bridgehead atoms. The summed E-state index contributed by atoms with van der Waals surface area (Å²) in [6, 6.07) is 0. The van der Waals surface area contributed by atoms with Crippen molar-refractivity contribution in [2.45, 2.75) is 25.7 Å². The Bertz CT molecular complexity index is 290. The molecule has 1 aromatic rings. The standard InChI is InChI=1S/C9H14N2O2/c1-6-8(10)9(13-11-6)7-2-4-12-5-3-7/h7H,2-5,10H2,1H3. The summed E-state index contributed by atoms with van der Waals surface area (Å²) in [5.41, 5.74) is 7.34. The third-order valence-corrected chi connectivity index (χ3v) is 2.53. The minimum absolute atomic E-state index is 0.398. The molecular formula is C9H14N2O2. The van der Waals surface area contributed by atoms with Crippen LogP contribution >= 0.6 is 0 Å². The van der Waals surface area contributed by atoms with Crippen molar-refractivity contribution >= 4 is 5.69 Å². The topological polar surface area (TPSA) is 61.3 Å². The summed E-state index contributed by atoms with van der Waals surface area (Å²) in [5, 5.41) is 3.85. The average Bonchev–Trinajstić information content (AvgIpc) is 2.49. The quantitative estimate of drug-likeness (QED) is 0.714. The Kier molecular flexibility index (Phi) is 2.22. The van der Waals surface area contributed by atoms with E-state index in [0.29, 0.717) is 11.6 Å². The van der Waals surface area contributed by atoms with Crippen LogP contribution in [0.2, 0.25) is 0 Å². The predicted molar refractivity (Wildman–Crippen MR) is 48.4 cm³/mol. The van der Waals surface area contributed by atoms with Gasteiger partial charge in [-0.2, -0.15) is 0 Å². The lowest BCUT2D eigenvalue weighted by atomic mass is 9.96. The molecule has 1 saturated heterocycles. The second-order valence-corrected chi connectivity index (χ2v) is 3.43. The molecule has 1 fully saturated rings. The molecule has 2 rings (SSSR count). The molecule has 0 amide bonds. The van der Waals surface area contributed by atoms with Crippen molar-refractivity contribution in [3.63, 3.8) is 0 Å². The van der Waals surface area contributed by atoms with E-state index in [-0.39, 0.29) is 0 Å². The van der Waals surface area contributed by atoms with Crippen LogP contribution in [0.3, 0.4) is 0 Å². The van der Waals surface area contributed by atoms with Crippen molar-refractivity contribution in [1.29, 1.82) is 0 Å². The van der Waals surface area contributed by atoms with E-state index in [9.17, 15) is 0 Å². The van der Waals surface area contributed by atoms with Crippen LogP contribution in [-0.4, -0.2) is 18.4 Å². The lowest BCUT2D eigenvalue weighted by Crippen LogP contribution is -2.14. The van der Waals surface area contributed by atoms with Gasteiger partial charge in [0.1, 0.15) is 5.69 Å². The number of ether oxygens (including phenoxy) is 1. The van der Waals surface area contributed by atoms with Gasteiger partial charge in [-0.15, -0.1) is 0 Å². The van der Waals surface area contributed by atoms with Gasteiger partial charge in [0.15, 0.2) is 5.76 Å². The van der Waals surface area contributed by atoms with Crippen LogP contribution < -0.4 is 5.73 Å². The minimum atomic E-state index is 0.398. The maximum Gasteiger partial charge on any atom is 0.163 e. The third kappa shape index (κ3) is 1.54. The number of anilines is 1. The molecule has 0 aromatic carbocycles. The first-order chi connectivity index (χ1) is 6.29. The number of nitrogens with zero attached hydrogens (tertiary/aromatic N) is 1. The van der Waals surface area contributed by atoms with E-state index in [1.54, 1.807) is 0 Å². The zero-order chi connectivity index (χ0) is 9.26. The maximum atomic E-state index is 5.84. The van der Waals surface area contributed by atoms with Crippen molar-refractivity contribution in [3.05, 3.63) is 11.5 Å². The first kappa shape index (κ1) is 8.56. The Labute approximate surface area is 77.0 Å². The molecule has 72 valence electrons. The molecule has 0 unspecified atom stereocenters. The first-order valence-corrected chi connectivity index (χ1v) is 4.58. The lowest BCUT2D eigenvalue weighted by Gasteiger charge is -2.19. The smallest absolute Gasteiger partial charge is 0.163 e. The van der Waals surface area contributed by atoms with Gasteiger partial charge in [0.05, 0.1) is 5.69 Å². The molecule has 0 atom stereocenters. The Morgan fingerprint density at radius 3 is 2.62 bits per heavy atom. The Morgan fingerprint density at radius 1 is 1.38 bits per heavy atom. The number of hydrogen-bond donors (Lipinski definition) is 1. The molecule has 1 aliphatic heterocycles. The molecule has 2 heterocycles. The van der Waals surface area contributed by atoms with E-state index in [0.717, 1.165) is 37.5 Å². The van der Waals surface area contributed by atoms with Crippen LogP contribution in [0.15, 0.2) is 4.52 Å². The summed E-state index contributed by atoms with van der Waals surface area (Å²) in [5.74, 6) is 1.25. The van der Waals surface area contributed by atoms with Gasteiger partial charge >= 0.3 is 0 Å². The highest BCUT2D eigenvalue weighted by Gasteiger charge is 2.23. The molecule has 4 nitrogen and oxygen atoms in total. The number of aromatic nitrogens is 1.